The van der Waals surface area contributed by atoms with Gasteiger partial charge in [-0.1, -0.05) is 0 Å². The molecule has 1 N–H and O–H groups in total. The first kappa shape index (κ1) is 11.6. The first-order valence-electron chi connectivity index (χ1n) is 4.70. The highest BCUT2D eigenvalue weighted by molar-refractivity contribution is 5.21. The number of nitrogens with zero attached hydrogens (tertiary/aromatic N) is 1. The molecule has 0 aromatic heterocycles. The van der Waals surface area contributed by atoms with Gasteiger partial charge in [-0.25, -0.2) is 8.78 Å². The lowest BCUT2D eigenvalue weighted by Gasteiger charge is -2.13. The van der Waals surface area contributed by atoms with Crippen LogP contribution in [0.4, 0.5) is 8.78 Å². The van der Waals surface area contributed by atoms with Gasteiger partial charge >= 0.3 is 0 Å². The summed E-state index contributed by atoms with van der Waals surface area (Å²) in [6.45, 7) is 2.20. The van der Waals surface area contributed by atoms with Crippen LogP contribution in [0.15, 0.2) is 18.2 Å². The molecular formula is C11H12F2N2. The highest BCUT2D eigenvalue weighted by Crippen LogP contribution is 2.17. The van der Waals surface area contributed by atoms with Gasteiger partial charge in [0.15, 0.2) is 0 Å². The molecule has 80 valence electrons. The predicted molar refractivity (Wildman–Crippen MR) is 53.0 cm³/mol. The fourth-order valence-electron chi connectivity index (χ4n) is 1.30. The van der Waals surface area contributed by atoms with Crippen LogP contribution < -0.4 is 5.32 Å². The summed E-state index contributed by atoms with van der Waals surface area (Å²) in [6, 6.07) is 5.03. The minimum Gasteiger partial charge on any atom is -0.309 e. The molecule has 0 aliphatic carbocycles. The second-order valence-corrected chi connectivity index (χ2v) is 3.25. The van der Waals surface area contributed by atoms with Crippen molar-refractivity contribution in [3.05, 3.63) is 35.4 Å². The maximum atomic E-state index is 13.3. The summed E-state index contributed by atoms with van der Waals surface area (Å²) in [6.07, 6.45) is 0.348. The molecule has 0 spiro atoms. The van der Waals surface area contributed by atoms with Crippen LogP contribution in [-0.4, -0.2) is 6.54 Å². The molecule has 15 heavy (non-hydrogen) atoms. The van der Waals surface area contributed by atoms with E-state index in [2.05, 4.69) is 5.32 Å². The fraction of sp³-hybridized carbons (Fsp3) is 0.364. The molecule has 0 fully saturated rings. The number of hydrogen-bond acceptors (Lipinski definition) is 2. The van der Waals surface area contributed by atoms with Crippen molar-refractivity contribution >= 4 is 0 Å². The quantitative estimate of drug-likeness (QED) is 0.775. The first-order chi connectivity index (χ1) is 7.15. The van der Waals surface area contributed by atoms with E-state index < -0.39 is 11.6 Å². The Bertz CT molecular complexity index is 371. The Morgan fingerprint density at radius 1 is 1.47 bits per heavy atom. The summed E-state index contributed by atoms with van der Waals surface area (Å²) in [4.78, 5) is 0. The summed E-state index contributed by atoms with van der Waals surface area (Å²) in [5, 5.41) is 11.3. The number of nitrogens with one attached hydrogen (secondary N) is 1. The zero-order valence-corrected chi connectivity index (χ0v) is 8.43. The van der Waals surface area contributed by atoms with E-state index in [0.29, 0.717) is 13.0 Å². The van der Waals surface area contributed by atoms with Gasteiger partial charge in [0.25, 0.3) is 0 Å². The topological polar surface area (TPSA) is 35.8 Å². The molecule has 1 atom stereocenters. The molecule has 0 amide bonds. The van der Waals surface area contributed by atoms with Crippen LogP contribution in [0.25, 0.3) is 0 Å². The SMILES string of the molecule is CC(NCCC#N)c1cc(F)ccc1F. The van der Waals surface area contributed by atoms with Crippen molar-refractivity contribution in [2.24, 2.45) is 0 Å². The van der Waals surface area contributed by atoms with Crippen molar-refractivity contribution < 1.29 is 8.78 Å². The largest absolute Gasteiger partial charge is 0.309 e. The Hall–Kier alpha value is -1.47. The molecule has 0 radical (unpaired) electrons. The van der Waals surface area contributed by atoms with E-state index in [9.17, 15) is 8.78 Å². The molecule has 2 nitrogen and oxygen atoms in total. The minimum atomic E-state index is -0.458. The van der Waals surface area contributed by atoms with Crippen molar-refractivity contribution in [3.8, 4) is 6.07 Å². The summed E-state index contributed by atoms with van der Waals surface area (Å²) < 4.78 is 26.1. The monoisotopic (exact) mass is 210 g/mol. The van der Waals surface area contributed by atoms with Crippen LogP contribution in [0.3, 0.4) is 0 Å². The standard InChI is InChI=1S/C11H12F2N2/c1-8(15-6-2-5-14)10-7-9(12)3-4-11(10)13/h3-4,7-8,15H,2,6H2,1H3. The lowest BCUT2D eigenvalue weighted by atomic mass is 10.1. The molecular weight excluding hydrogens is 198 g/mol. The lowest BCUT2D eigenvalue weighted by Crippen LogP contribution is -2.20. The van der Waals surface area contributed by atoms with E-state index in [4.69, 9.17) is 5.26 Å². The number of benzene rings is 1. The van der Waals surface area contributed by atoms with Gasteiger partial charge in [0.2, 0.25) is 0 Å². The second kappa shape index (κ2) is 5.42. The Morgan fingerprint density at radius 2 is 2.20 bits per heavy atom. The summed E-state index contributed by atoms with van der Waals surface area (Å²) in [7, 11) is 0. The molecule has 0 bridgehead atoms. The maximum Gasteiger partial charge on any atom is 0.128 e. The van der Waals surface area contributed by atoms with Gasteiger partial charge in [0.1, 0.15) is 11.6 Å². The van der Waals surface area contributed by atoms with Gasteiger partial charge in [0.05, 0.1) is 6.07 Å². The molecule has 0 saturated heterocycles. The Kier molecular flexibility index (Phi) is 4.19. The second-order valence-electron chi connectivity index (χ2n) is 3.25. The van der Waals surface area contributed by atoms with Crippen molar-refractivity contribution in [2.75, 3.05) is 6.54 Å². The predicted octanol–water partition coefficient (Wildman–Crippen LogP) is 2.53. The normalized spacial score (nSPS) is 12.1. The van der Waals surface area contributed by atoms with Crippen molar-refractivity contribution in [1.82, 2.24) is 5.32 Å². The smallest absolute Gasteiger partial charge is 0.128 e. The molecule has 1 unspecified atom stereocenters. The highest BCUT2D eigenvalue weighted by Gasteiger charge is 2.10. The summed E-state index contributed by atoms with van der Waals surface area (Å²) >= 11 is 0. The molecule has 0 saturated carbocycles. The summed E-state index contributed by atoms with van der Waals surface area (Å²) in [5.74, 6) is -0.895. The van der Waals surface area contributed by atoms with Gasteiger partial charge in [-0.2, -0.15) is 5.26 Å². The zero-order valence-electron chi connectivity index (χ0n) is 8.43. The van der Waals surface area contributed by atoms with E-state index >= 15 is 0 Å². The average molecular weight is 210 g/mol. The first-order valence-corrected chi connectivity index (χ1v) is 4.70. The number of nitriles is 1. The van der Waals surface area contributed by atoms with Crippen molar-refractivity contribution in [2.45, 2.75) is 19.4 Å². The zero-order chi connectivity index (χ0) is 11.3. The average Bonchev–Trinajstić information content (AvgIpc) is 2.22. The van der Waals surface area contributed by atoms with E-state index in [0.717, 1.165) is 12.1 Å². The third kappa shape index (κ3) is 3.30. The maximum absolute atomic E-state index is 13.3. The molecule has 0 aliphatic heterocycles. The third-order valence-corrected chi connectivity index (χ3v) is 2.11. The molecule has 4 heteroatoms. The van der Waals surface area contributed by atoms with Gasteiger partial charge in [-0.15, -0.1) is 0 Å². The van der Waals surface area contributed by atoms with Crippen molar-refractivity contribution in [1.29, 1.82) is 5.26 Å². The number of rotatable bonds is 4. The van der Waals surface area contributed by atoms with Crippen molar-refractivity contribution in [3.63, 3.8) is 0 Å². The molecule has 0 aliphatic rings. The van der Waals surface area contributed by atoms with Gasteiger partial charge in [-0.3, -0.25) is 0 Å². The van der Waals surface area contributed by atoms with Crippen LogP contribution in [-0.2, 0) is 0 Å². The van der Waals surface area contributed by atoms with Crippen LogP contribution in [0, 0.1) is 23.0 Å². The molecule has 1 aromatic carbocycles. The van der Waals surface area contributed by atoms with Crippen LogP contribution in [0.2, 0.25) is 0 Å². The van der Waals surface area contributed by atoms with Gasteiger partial charge in [0, 0.05) is 24.6 Å². The fourth-order valence-corrected chi connectivity index (χ4v) is 1.30. The van der Waals surface area contributed by atoms with Gasteiger partial charge < -0.3 is 5.32 Å². The Balaban J connectivity index is 2.69. The van der Waals surface area contributed by atoms with E-state index in [1.54, 1.807) is 6.92 Å². The van der Waals surface area contributed by atoms with E-state index in [-0.39, 0.29) is 11.6 Å². The molecule has 0 heterocycles. The molecule has 1 rings (SSSR count). The minimum absolute atomic E-state index is 0.285. The van der Waals surface area contributed by atoms with Crippen LogP contribution in [0.1, 0.15) is 24.9 Å². The number of hydrogen-bond donors (Lipinski definition) is 1. The highest BCUT2D eigenvalue weighted by atomic mass is 19.1. The van der Waals surface area contributed by atoms with Gasteiger partial charge in [-0.05, 0) is 25.1 Å². The van der Waals surface area contributed by atoms with E-state index in [1.807, 2.05) is 6.07 Å². The third-order valence-electron chi connectivity index (χ3n) is 2.11. The van der Waals surface area contributed by atoms with E-state index in [1.165, 1.54) is 6.07 Å². The van der Waals surface area contributed by atoms with Crippen LogP contribution in [0.5, 0.6) is 0 Å². The number of halogens is 2. The Morgan fingerprint density at radius 3 is 2.87 bits per heavy atom. The molecule has 1 aromatic rings. The lowest BCUT2D eigenvalue weighted by molar-refractivity contribution is 0.523. The van der Waals surface area contributed by atoms with Crippen LogP contribution >= 0.6 is 0 Å². The summed E-state index contributed by atoms with van der Waals surface area (Å²) in [5.41, 5.74) is 0.285. The Labute approximate surface area is 87.5 Å².